The second-order valence-corrected chi connectivity index (χ2v) is 10.1. The van der Waals surface area contributed by atoms with Crippen molar-refractivity contribution in [3.05, 3.63) is 67.7 Å². The average molecular weight is 558 g/mol. The number of carbonyl (C=O) groups excluding carboxylic acids is 1. The molecule has 10 nitrogen and oxygen atoms in total. The predicted molar refractivity (Wildman–Crippen MR) is 158 cm³/mol. The Kier molecular flexibility index (Phi) is 8.69. The predicted octanol–water partition coefficient (Wildman–Crippen LogP) is 5.14. The van der Waals surface area contributed by atoms with Gasteiger partial charge in [-0.05, 0) is 56.6 Å². The molecule has 0 bridgehead atoms. The highest BCUT2D eigenvalue weighted by atomic mass is 16.5. The van der Waals surface area contributed by atoms with Gasteiger partial charge >= 0.3 is 0 Å². The van der Waals surface area contributed by atoms with Crippen LogP contribution in [0.1, 0.15) is 12.8 Å². The Labute approximate surface area is 239 Å². The number of amides is 1. The fraction of sp³-hybridized carbons (Fsp3) is 0.323. The van der Waals surface area contributed by atoms with E-state index in [2.05, 4.69) is 26.8 Å². The van der Waals surface area contributed by atoms with E-state index in [4.69, 9.17) is 18.6 Å². The normalized spacial score (nSPS) is 13.8. The third kappa shape index (κ3) is 6.60. The first kappa shape index (κ1) is 28.0. The van der Waals surface area contributed by atoms with Gasteiger partial charge in [0.05, 0.1) is 24.6 Å². The van der Waals surface area contributed by atoms with Crippen molar-refractivity contribution in [1.29, 1.82) is 0 Å². The maximum absolute atomic E-state index is 12.0. The zero-order chi connectivity index (χ0) is 28.8. The van der Waals surface area contributed by atoms with Crippen LogP contribution in [0.2, 0.25) is 0 Å². The first-order valence-corrected chi connectivity index (χ1v) is 13.6. The number of ether oxygens (including phenoxy) is 3. The smallest absolute Gasteiger partial charge is 0.245 e. The number of nitrogens with zero attached hydrogens (tertiary/aromatic N) is 4. The van der Waals surface area contributed by atoms with Crippen LogP contribution in [0.3, 0.4) is 0 Å². The molecule has 0 unspecified atom stereocenters. The maximum Gasteiger partial charge on any atom is 0.245 e. The zero-order valence-corrected chi connectivity index (χ0v) is 23.6. The van der Waals surface area contributed by atoms with Crippen LogP contribution >= 0.6 is 0 Å². The Morgan fingerprint density at radius 1 is 1.15 bits per heavy atom. The van der Waals surface area contributed by atoms with Gasteiger partial charge in [0, 0.05) is 49.5 Å². The highest BCUT2D eigenvalue weighted by Gasteiger charge is 2.24. The SMILES string of the molecule is C=CC(=O)N1CCC(Oc2cc3c(Nc4cc(-c5ccco5)ccc4OC)ncnc3cc2OCCN(C)C)CC1. The Bertz CT molecular complexity index is 1500. The summed E-state index contributed by atoms with van der Waals surface area (Å²) in [5.41, 5.74) is 2.34. The molecule has 214 valence electrons. The largest absolute Gasteiger partial charge is 0.495 e. The van der Waals surface area contributed by atoms with E-state index < -0.39 is 0 Å². The summed E-state index contributed by atoms with van der Waals surface area (Å²) < 4.78 is 23.9. The number of piperidine rings is 1. The third-order valence-corrected chi connectivity index (χ3v) is 6.98. The van der Waals surface area contributed by atoms with E-state index >= 15 is 0 Å². The second kappa shape index (κ2) is 12.7. The molecule has 0 spiro atoms. The van der Waals surface area contributed by atoms with Crippen LogP contribution < -0.4 is 19.5 Å². The number of rotatable bonds is 11. The minimum atomic E-state index is -0.0661. The minimum absolute atomic E-state index is 0.0544. The number of fused-ring (bicyclic) bond motifs is 1. The van der Waals surface area contributed by atoms with Gasteiger partial charge in [-0.15, -0.1) is 0 Å². The van der Waals surface area contributed by atoms with Crippen molar-refractivity contribution in [3.8, 4) is 28.6 Å². The number of furan rings is 1. The molecule has 5 rings (SSSR count). The molecule has 0 radical (unpaired) electrons. The number of nitrogens with one attached hydrogen (secondary N) is 1. The quantitative estimate of drug-likeness (QED) is 0.251. The van der Waals surface area contributed by atoms with Crippen LogP contribution in [0.15, 0.2) is 72.1 Å². The molecule has 0 saturated carbocycles. The molecule has 1 amide bonds. The molecule has 1 fully saturated rings. The van der Waals surface area contributed by atoms with Gasteiger partial charge < -0.3 is 33.7 Å². The van der Waals surface area contributed by atoms with Gasteiger partial charge in [0.15, 0.2) is 11.5 Å². The summed E-state index contributed by atoms with van der Waals surface area (Å²) in [6.07, 6.45) is 5.87. The van der Waals surface area contributed by atoms with Crippen LogP contribution in [0.4, 0.5) is 11.5 Å². The van der Waals surface area contributed by atoms with Gasteiger partial charge in [0.2, 0.25) is 5.91 Å². The summed E-state index contributed by atoms with van der Waals surface area (Å²) in [5, 5.41) is 4.20. The van der Waals surface area contributed by atoms with Gasteiger partial charge in [-0.1, -0.05) is 6.58 Å². The molecular weight excluding hydrogens is 522 g/mol. The lowest BCUT2D eigenvalue weighted by molar-refractivity contribution is -0.127. The average Bonchev–Trinajstić information content (AvgIpc) is 3.53. The molecule has 0 atom stereocenters. The van der Waals surface area contributed by atoms with Gasteiger partial charge in [-0.2, -0.15) is 0 Å². The van der Waals surface area contributed by atoms with Crippen LogP contribution in [0.5, 0.6) is 17.2 Å². The Morgan fingerprint density at radius 3 is 2.68 bits per heavy atom. The fourth-order valence-electron chi connectivity index (χ4n) is 4.74. The standard InChI is InChI=1S/C31H35N5O5/c1-5-30(37)36-12-10-22(11-13-36)41-29-18-23-24(19-28(29)40-16-14-35(2)3)32-20-33-31(23)34-25-17-21(8-9-27(25)38-4)26-7-6-15-39-26/h5-9,15,17-20,22H,1,10-14,16H2,2-4H3,(H,32,33,34). The molecule has 1 N–H and O–H groups in total. The number of aromatic nitrogens is 2. The summed E-state index contributed by atoms with van der Waals surface area (Å²) in [6.45, 7) is 6.07. The van der Waals surface area contributed by atoms with Crippen LogP contribution in [0.25, 0.3) is 22.2 Å². The number of benzene rings is 2. The van der Waals surface area contributed by atoms with Crippen molar-refractivity contribution in [3.63, 3.8) is 0 Å². The molecule has 1 aliphatic rings. The maximum atomic E-state index is 12.0. The number of anilines is 2. The summed E-state index contributed by atoms with van der Waals surface area (Å²) in [7, 11) is 5.63. The van der Waals surface area contributed by atoms with Crippen molar-refractivity contribution in [2.24, 2.45) is 0 Å². The first-order valence-electron chi connectivity index (χ1n) is 13.6. The van der Waals surface area contributed by atoms with E-state index in [1.54, 1.807) is 18.3 Å². The number of methoxy groups -OCH3 is 1. The first-order chi connectivity index (χ1) is 19.9. The van der Waals surface area contributed by atoms with Crippen molar-refractivity contribution in [1.82, 2.24) is 19.8 Å². The molecule has 0 aliphatic carbocycles. The lowest BCUT2D eigenvalue weighted by Crippen LogP contribution is -2.41. The summed E-state index contributed by atoms with van der Waals surface area (Å²) in [5.74, 6) is 3.18. The molecule has 41 heavy (non-hydrogen) atoms. The van der Waals surface area contributed by atoms with Crippen molar-refractivity contribution >= 4 is 28.3 Å². The van der Waals surface area contributed by atoms with E-state index in [0.29, 0.717) is 61.1 Å². The molecule has 2 aromatic heterocycles. The van der Waals surface area contributed by atoms with Gasteiger partial charge in [-0.25, -0.2) is 9.97 Å². The lowest BCUT2D eigenvalue weighted by Gasteiger charge is -2.32. The van der Waals surface area contributed by atoms with E-state index in [1.165, 1.54) is 12.4 Å². The van der Waals surface area contributed by atoms with Gasteiger partial charge in [0.1, 0.15) is 36.4 Å². The number of hydrogen-bond donors (Lipinski definition) is 1. The number of likely N-dealkylation sites (tertiary alicyclic amines) is 1. The molecule has 10 heteroatoms. The second-order valence-electron chi connectivity index (χ2n) is 10.1. The van der Waals surface area contributed by atoms with Crippen molar-refractivity contribution in [2.45, 2.75) is 18.9 Å². The summed E-state index contributed by atoms with van der Waals surface area (Å²) >= 11 is 0. The summed E-state index contributed by atoms with van der Waals surface area (Å²) in [4.78, 5) is 25.0. The monoisotopic (exact) mass is 557 g/mol. The van der Waals surface area contributed by atoms with Crippen molar-refractivity contribution < 1.29 is 23.4 Å². The highest BCUT2D eigenvalue weighted by molar-refractivity contribution is 5.93. The topological polar surface area (TPSA) is 102 Å². The Morgan fingerprint density at radius 2 is 1.98 bits per heavy atom. The molecule has 4 aromatic rings. The fourth-order valence-corrected chi connectivity index (χ4v) is 4.74. The lowest BCUT2D eigenvalue weighted by atomic mass is 10.1. The van der Waals surface area contributed by atoms with E-state index in [0.717, 1.165) is 28.9 Å². The minimum Gasteiger partial charge on any atom is -0.495 e. The third-order valence-electron chi connectivity index (χ3n) is 6.98. The molecule has 3 heterocycles. The molecule has 1 saturated heterocycles. The van der Waals surface area contributed by atoms with E-state index in [1.807, 2.05) is 56.6 Å². The van der Waals surface area contributed by atoms with Gasteiger partial charge in [-0.3, -0.25) is 4.79 Å². The zero-order valence-electron chi connectivity index (χ0n) is 23.6. The van der Waals surface area contributed by atoms with Crippen molar-refractivity contribution in [2.75, 3.05) is 52.8 Å². The Balaban J connectivity index is 1.46. The highest BCUT2D eigenvalue weighted by Crippen LogP contribution is 2.38. The van der Waals surface area contributed by atoms with Crippen LogP contribution in [-0.4, -0.2) is 79.2 Å². The van der Waals surface area contributed by atoms with Gasteiger partial charge in [0.25, 0.3) is 0 Å². The van der Waals surface area contributed by atoms with E-state index in [-0.39, 0.29) is 12.0 Å². The van der Waals surface area contributed by atoms with Crippen LogP contribution in [-0.2, 0) is 4.79 Å². The number of likely N-dealkylation sites (N-methyl/N-ethyl adjacent to an activating group) is 1. The number of carbonyl (C=O) groups is 1. The molecule has 1 aliphatic heterocycles. The van der Waals surface area contributed by atoms with Crippen LogP contribution in [0, 0.1) is 0 Å². The van der Waals surface area contributed by atoms with E-state index in [9.17, 15) is 4.79 Å². The number of hydrogen-bond acceptors (Lipinski definition) is 9. The Hall–Kier alpha value is -4.57. The summed E-state index contributed by atoms with van der Waals surface area (Å²) in [6, 6.07) is 13.4. The molecule has 2 aromatic carbocycles. The molecular formula is C31H35N5O5.